The van der Waals surface area contributed by atoms with E-state index in [9.17, 15) is 0 Å². The Labute approximate surface area is 97.0 Å². The largest absolute Gasteiger partial charge is 0.415 e. The highest BCUT2D eigenvalue weighted by Crippen LogP contribution is 2.13. The molecule has 0 aliphatic carbocycles. The third kappa shape index (κ3) is 11.8. The normalized spacial score (nSPS) is 13.9. The van der Waals surface area contributed by atoms with Gasteiger partial charge in [0.05, 0.1) is 0 Å². The van der Waals surface area contributed by atoms with Gasteiger partial charge in [-0.2, -0.15) is 0 Å². The average Bonchev–Trinajstić information content (AvgIpc) is 2.08. The second-order valence-electron chi connectivity index (χ2n) is 5.32. The molecule has 0 aromatic carbocycles. The van der Waals surface area contributed by atoms with Gasteiger partial charge in [0.25, 0.3) is 0 Å². The zero-order chi connectivity index (χ0) is 11.7. The van der Waals surface area contributed by atoms with Gasteiger partial charge in [-0.15, -0.1) is 6.58 Å². The molecule has 0 aliphatic rings. The van der Waals surface area contributed by atoms with Gasteiger partial charge in [0, 0.05) is 6.10 Å². The van der Waals surface area contributed by atoms with Crippen molar-refractivity contribution in [1.82, 2.24) is 0 Å². The van der Waals surface area contributed by atoms with Crippen LogP contribution in [0.25, 0.3) is 0 Å². The lowest BCUT2D eigenvalue weighted by atomic mass is 10.1. The van der Waals surface area contributed by atoms with Gasteiger partial charge in [-0.05, 0) is 45.8 Å². The minimum atomic E-state index is -1.31. The molecule has 0 amide bonds. The molecule has 0 aliphatic heterocycles. The van der Waals surface area contributed by atoms with E-state index in [4.69, 9.17) is 4.43 Å². The summed E-state index contributed by atoms with van der Waals surface area (Å²) in [5, 5.41) is 0. The first-order valence-corrected chi connectivity index (χ1v) is 9.65. The number of unbranched alkanes of at least 4 members (excludes halogenated alkanes) is 4. The minimum absolute atomic E-state index is 0.455. The smallest absolute Gasteiger partial charge is 0.184 e. The highest BCUT2D eigenvalue weighted by molar-refractivity contribution is 6.69. The van der Waals surface area contributed by atoms with Gasteiger partial charge < -0.3 is 4.43 Å². The molecular weight excluding hydrogens is 200 g/mol. The summed E-state index contributed by atoms with van der Waals surface area (Å²) < 4.78 is 5.99. The Kier molecular flexibility index (Phi) is 8.07. The van der Waals surface area contributed by atoms with Crippen LogP contribution in [0.15, 0.2) is 12.7 Å². The molecule has 0 fully saturated rings. The van der Waals surface area contributed by atoms with Crippen LogP contribution in [0.5, 0.6) is 0 Å². The summed E-state index contributed by atoms with van der Waals surface area (Å²) in [6, 6.07) is 0. The summed E-state index contributed by atoms with van der Waals surface area (Å²) in [5.74, 6) is 0. The molecule has 2 heteroatoms. The van der Waals surface area contributed by atoms with E-state index in [0.29, 0.717) is 6.10 Å². The maximum atomic E-state index is 5.99. The third-order valence-corrected chi connectivity index (χ3v) is 3.43. The van der Waals surface area contributed by atoms with Crippen molar-refractivity contribution in [3.63, 3.8) is 0 Å². The maximum absolute atomic E-state index is 5.99. The third-order valence-electron chi connectivity index (χ3n) is 2.32. The fourth-order valence-corrected chi connectivity index (χ4v) is 3.06. The first-order valence-electron chi connectivity index (χ1n) is 6.24. The van der Waals surface area contributed by atoms with Crippen LogP contribution >= 0.6 is 0 Å². The summed E-state index contributed by atoms with van der Waals surface area (Å²) in [6.07, 6.45) is 10.1. The Bertz CT molecular complexity index is 160. The summed E-state index contributed by atoms with van der Waals surface area (Å²) in [7, 11) is -1.31. The van der Waals surface area contributed by atoms with E-state index in [0.717, 1.165) is 0 Å². The molecule has 0 rings (SSSR count). The predicted octanol–water partition coefficient (Wildman–Crippen LogP) is 4.75. The van der Waals surface area contributed by atoms with E-state index < -0.39 is 8.32 Å². The van der Waals surface area contributed by atoms with Gasteiger partial charge in [-0.3, -0.25) is 0 Å². The Morgan fingerprint density at radius 3 is 2.27 bits per heavy atom. The fourth-order valence-electron chi connectivity index (χ4n) is 1.74. The molecule has 1 nitrogen and oxygen atoms in total. The summed E-state index contributed by atoms with van der Waals surface area (Å²) in [6.45, 7) is 12.7. The van der Waals surface area contributed by atoms with Crippen LogP contribution in [-0.2, 0) is 4.43 Å². The zero-order valence-electron chi connectivity index (χ0n) is 11.0. The van der Waals surface area contributed by atoms with Gasteiger partial charge in [0.15, 0.2) is 8.32 Å². The minimum Gasteiger partial charge on any atom is -0.415 e. The summed E-state index contributed by atoms with van der Waals surface area (Å²) >= 11 is 0. The van der Waals surface area contributed by atoms with Crippen molar-refractivity contribution in [1.29, 1.82) is 0 Å². The molecule has 0 N–H and O–H groups in total. The van der Waals surface area contributed by atoms with Gasteiger partial charge in [0.1, 0.15) is 0 Å². The summed E-state index contributed by atoms with van der Waals surface area (Å²) in [5.41, 5.74) is 0. The van der Waals surface area contributed by atoms with Crippen LogP contribution < -0.4 is 0 Å². The van der Waals surface area contributed by atoms with Crippen molar-refractivity contribution in [3.8, 4) is 0 Å². The van der Waals surface area contributed by atoms with Gasteiger partial charge >= 0.3 is 0 Å². The van der Waals surface area contributed by atoms with E-state index in [1.165, 1.54) is 38.5 Å². The Morgan fingerprint density at radius 2 is 1.73 bits per heavy atom. The summed E-state index contributed by atoms with van der Waals surface area (Å²) in [4.78, 5) is 0. The van der Waals surface area contributed by atoms with Crippen molar-refractivity contribution in [2.45, 2.75) is 71.2 Å². The molecule has 15 heavy (non-hydrogen) atoms. The number of hydrogen-bond donors (Lipinski definition) is 0. The molecular formula is C13H28OSi. The van der Waals surface area contributed by atoms with Crippen LogP contribution in [0.4, 0.5) is 0 Å². The lowest BCUT2D eigenvalue weighted by Crippen LogP contribution is -2.30. The van der Waals surface area contributed by atoms with Gasteiger partial charge in [-0.1, -0.05) is 25.3 Å². The van der Waals surface area contributed by atoms with Crippen LogP contribution in [0, 0.1) is 0 Å². The number of rotatable bonds is 9. The Hall–Kier alpha value is -0.0831. The SMILES string of the molecule is C=CCCCCCCC(C)O[Si](C)(C)C. The molecule has 0 radical (unpaired) electrons. The van der Waals surface area contributed by atoms with Crippen molar-refractivity contribution in [3.05, 3.63) is 12.7 Å². The van der Waals surface area contributed by atoms with Crippen LogP contribution in [0.3, 0.4) is 0 Å². The lowest BCUT2D eigenvalue weighted by molar-refractivity contribution is 0.199. The topological polar surface area (TPSA) is 9.23 Å². The lowest BCUT2D eigenvalue weighted by Gasteiger charge is -2.23. The highest BCUT2D eigenvalue weighted by Gasteiger charge is 2.17. The van der Waals surface area contributed by atoms with Crippen LogP contribution in [-0.4, -0.2) is 14.4 Å². The van der Waals surface area contributed by atoms with Crippen molar-refractivity contribution in [2.75, 3.05) is 0 Å². The molecule has 0 spiro atoms. The van der Waals surface area contributed by atoms with E-state index >= 15 is 0 Å². The quantitative estimate of drug-likeness (QED) is 0.314. The van der Waals surface area contributed by atoms with Crippen LogP contribution in [0.1, 0.15) is 45.4 Å². The standard InChI is InChI=1S/C13H28OSi/c1-6-7-8-9-10-11-12-13(2)14-15(3,4)5/h6,13H,1,7-12H2,2-5H3. The van der Waals surface area contributed by atoms with E-state index in [-0.39, 0.29) is 0 Å². The Morgan fingerprint density at radius 1 is 1.13 bits per heavy atom. The second kappa shape index (κ2) is 8.11. The van der Waals surface area contributed by atoms with Gasteiger partial charge in [-0.25, -0.2) is 0 Å². The first-order chi connectivity index (χ1) is 6.95. The molecule has 0 saturated heterocycles. The van der Waals surface area contributed by atoms with Crippen LogP contribution in [0.2, 0.25) is 19.6 Å². The monoisotopic (exact) mass is 228 g/mol. The molecule has 1 atom stereocenters. The van der Waals surface area contributed by atoms with E-state index in [1.54, 1.807) is 0 Å². The first kappa shape index (κ1) is 14.9. The van der Waals surface area contributed by atoms with E-state index in [2.05, 4.69) is 33.1 Å². The second-order valence-corrected chi connectivity index (χ2v) is 9.78. The maximum Gasteiger partial charge on any atom is 0.184 e. The van der Waals surface area contributed by atoms with E-state index in [1.807, 2.05) is 6.08 Å². The van der Waals surface area contributed by atoms with Crippen molar-refractivity contribution in [2.24, 2.45) is 0 Å². The number of allylic oxidation sites excluding steroid dienone is 1. The molecule has 0 bridgehead atoms. The molecule has 0 saturated carbocycles. The molecule has 0 heterocycles. The fraction of sp³-hybridized carbons (Fsp3) is 0.846. The molecule has 1 unspecified atom stereocenters. The zero-order valence-corrected chi connectivity index (χ0v) is 12.0. The van der Waals surface area contributed by atoms with Crippen molar-refractivity contribution >= 4 is 8.32 Å². The molecule has 0 aromatic rings. The highest BCUT2D eigenvalue weighted by atomic mass is 28.4. The molecule has 90 valence electrons. The predicted molar refractivity (Wildman–Crippen MR) is 71.8 cm³/mol. The average molecular weight is 228 g/mol. The van der Waals surface area contributed by atoms with Gasteiger partial charge in [0.2, 0.25) is 0 Å². The Balaban J connectivity index is 3.31. The number of hydrogen-bond acceptors (Lipinski definition) is 1. The molecule has 0 aromatic heterocycles. The van der Waals surface area contributed by atoms with Crippen molar-refractivity contribution < 1.29 is 4.43 Å².